The highest BCUT2D eigenvalue weighted by molar-refractivity contribution is 5.63. The van der Waals surface area contributed by atoms with E-state index in [0.717, 1.165) is 12.1 Å². The zero-order valence-electron chi connectivity index (χ0n) is 8.76. The lowest BCUT2D eigenvalue weighted by Crippen LogP contribution is -2.04. The summed E-state index contributed by atoms with van der Waals surface area (Å²) < 4.78 is 0. The Balaban J connectivity index is 1.82. The molecular formula is C13H16N2. The molecule has 0 saturated carbocycles. The summed E-state index contributed by atoms with van der Waals surface area (Å²) in [5, 5.41) is 4.26. The van der Waals surface area contributed by atoms with E-state index in [1.54, 1.807) is 0 Å². The van der Waals surface area contributed by atoms with Gasteiger partial charge in [-0.3, -0.25) is 5.43 Å². The summed E-state index contributed by atoms with van der Waals surface area (Å²) in [6.07, 6.45) is 10.0. The monoisotopic (exact) mass is 200 g/mol. The Labute approximate surface area is 90.7 Å². The molecule has 15 heavy (non-hydrogen) atoms. The summed E-state index contributed by atoms with van der Waals surface area (Å²) in [4.78, 5) is 0. The minimum Gasteiger partial charge on any atom is -0.279 e. The van der Waals surface area contributed by atoms with Crippen molar-refractivity contribution in [3.8, 4) is 0 Å². The number of rotatable bonds is 3. The van der Waals surface area contributed by atoms with Crippen molar-refractivity contribution in [1.82, 2.24) is 0 Å². The van der Waals surface area contributed by atoms with E-state index in [1.807, 2.05) is 36.5 Å². The number of benzene rings is 1. The van der Waals surface area contributed by atoms with E-state index in [9.17, 15) is 0 Å². The Kier molecular flexibility index (Phi) is 3.55. The van der Waals surface area contributed by atoms with Crippen molar-refractivity contribution in [2.75, 3.05) is 5.43 Å². The van der Waals surface area contributed by atoms with Crippen LogP contribution in [0.4, 0.5) is 5.69 Å². The summed E-state index contributed by atoms with van der Waals surface area (Å²) in [5.41, 5.74) is 4.08. The van der Waals surface area contributed by atoms with Crippen LogP contribution in [0.1, 0.15) is 19.3 Å². The highest BCUT2D eigenvalue weighted by Crippen LogP contribution is 2.15. The summed E-state index contributed by atoms with van der Waals surface area (Å²) >= 11 is 0. The smallest absolute Gasteiger partial charge is 0.0561 e. The third kappa shape index (κ3) is 3.24. The molecule has 0 bridgehead atoms. The second-order valence-electron chi connectivity index (χ2n) is 3.80. The fourth-order valence-electron chi connectivity index (χ4n) is 1.68. The molecule has 0 aliphatic heterocycles. The van der Waals surface area contributed by atoms with Gasteiger partial charge in [0, 0.05) is 6.21 Å². The molecule has 0 saturated heterocycles. The van der Waals surface area contributed by atoms with Crippen LogP contribution in [-0.2, 0) is 0 Å². The topological polar surface area (TPSA) is 24.4 Å². The number of hydrogen-bond acceptors (Lipinski definition) is 2. The molecule has 1 aliphatic rings. The largest absolute Gasteiger partial charge is 0.279 e. The van der Waals surface area contributed by atoms with Crippen LogP contribution < -0.4 is 5.43 Å². The van der Waals surface area contributed by atoms with Crippen LogP contribution >= 0.6 is 0 Å². The molecule has 2 nitrogen and oxygen atoms in total. The van der Waals surface area contributed by atoms with Crippen LogP contribution in [0, 0.1) is 5.92 Å². The van der Waals surface area contributed by atoms with Crippen LogP contribution in [0.3, 0.4) is 0 Å². The predicted molar refractivity (Wildman–Crippen MR) is 65.0 cm³/mol. The first-order valence-corrected chi connectivity index (χ1v) is 5.44. The molecule has 0 unspecified atom stereocenters. The van der Waals surface area contributed by atoms with Crippen LogP contribution in [0.5, 0.6) is 0 Å². The zero-order valence-corrected chi connectivity index (χ0v) is 8.76. The summed E-state index contributed by atoms with van der Waals surface area (Å²) in [6.45, 7) is 0. The maximum Gasteiger partial charge on any atom is 0.0561 e. The maximum atomic E-state index is 4.26. The van der Waals surface area contributed by atoms with E-state index in [-0.39, 0.29) is 0 Å². The van der Waals surface area contributed by atoms with Gasteiger partial charge in [0.1, 0.15) is 0 Å². The van der Waals surface area contributed by atoms with Gasteiger partial charge in [-0.05, 0) is 37.3 Å². The van der Waals surface area contributed by atoms with Gasteiger partial charge in [-0.15, -0.1) is 0 Å². The predicted octanol–water partition coefficient (Wildman–Crippen LogP) is 3.44. The third-order valence-electron chi connectivity index (χ3n) is 2.56. The first-order valence-electron chi connectivity index (χ1n) is 5.44. The molecule has 1 N–H and O–H groups in total. The molecule has 0 radical (unpaired) electrons. The highest BCUT2D eigenvalue weighted by Gasteiger charge is 2.05. The molecular weight excluding hydrogens is 184 g/mol. The fourth-order valence-corrected chi connectivity index (χ4v) is 1.68. The van der Waals surface area contributed by atoms with Gasteiger partial charge < -0.3 is 0 Å². The van der Waals surface area contributed by atoms with Crippen molar-refractivity contribution in [3.05, 3.63) is 42.5 Å². The minimum atomic E-state index is 0.603. The standard InChI is InChI=1S/C13H16N2/c1-3-7-12(8-4-1)11-14-15-13-9-5-2-6-10-13/h1-3,5-6,9-12,15H,4,7-8H2/b14-11-/t12-/m1/s1. The van der Waals surface area contributed by atoms with Gasteiger partial charge in [0.05, 0.1) is 5.69 Å². The van der Waals surface area contributed by atoms with Crippen molar-refractivity contribution in [3.63, 3.8) is 0 Å². The van der Waals surface area contributed by atoms with Crippen molar-refractivity contribution in [1.29, 1.82) is 0 Å². The van der Waals surface area contributed by atoms with E-state index < -0.39 is 0 Å². The summed E-state index contributed by atoms with van der Waals surface area (Å²) in [7, 11) is 0. The number of hydrazone groups is 1. The average molecular weight is 200 g/mol. The number of hydrogen-bond donors (Lipinski definition) is 1. The van der Waals surface area contributed by atoms with Crippen molar-refractivity contribution >= 4 is 11.9 Å². The number of nitrogens with one attached hydrogen (secondary N) is 1. The molecule has 1 aliphatic carbocycles. The second-order valence-corrected chi connectivity index (χ2v) is 3.80. The molecule has 0 amide bonds. The Hall–Kier alpha value is -1.57. The van der Waals surface area contributed by atoms with Gasteiger partial charge >= 0.3 is 0 Å². The normalized spacial score (nSPS) is 20.7. The van der Waals surface area contributed by atoms with E-state index in [0.29, 0.717) is 5.92 Å². The molecule has 1 atom stereocenters. The maximum absolute atomic E-state index is 4.26. The third-order valence-corrected chi connectivity index (χ3v) is 2.56. The number of para-hydroxylation sites is 1. The summed E-state index contributed by atoms with van der Waals surface area (Å²) in [6, 6.07) is 10.0. The fraction of sp³-hybridized carbons (Fsp3) is 0.308. The molecule has 1 aromatic carbocycles. The molecule has 78 valence electrons. The summed E-state index contributed by atoms with van der Waals surface area (Å²) in [5.74, 6) is 0.603. The van der Waals surface area contributed by atoms with Gasteiger partial charge in [-0.1, -0.05) is 30.4 Å². The van der Waals surface area contributed by atoms with Gasteiger partial charge in [-0.2, -0.15) is 5.10 Å². The van der Waals surface area contributed by atoms with E-state index >= 15 is 0 Å². The van der Waals surface area contributed by atoms with Gasteiger partial charge in [0.25, 0.3) is 0 Å². The number of nitrogens with zero attached hydrogens (tertiary/aromatic N) is 1. The molecule has 0 aromatic heterocycles. The first-order chi connectivity index (χ1) is 7.45. The van der Waals surface area contributed by atoms with E-state index in [4.69, 9.17) is 0 Å². The van der Waals surface area contributed by atoms with Gasteiger partial charge in [0.15, 0.2) is 0 Å². The Bertz CT molecular complexity index is 341. The zero-order chi connectivity index (χ0) is 10.3. The Morgan fingerprint density at radius 3 is 2.80 bits per heavy atom. The lowest BCUT2D eigenvalue weighted by Gasteiger charge is -2.11. The van der Waals surface area contributed by atoms with Crippen molar-refractivity contribution in [2.24, 2.45) is 11.0 Å². The first kappa shape index (κ1) is 9.97. The van der Waals surface area contributed by atoms with Crippen LogP contribution in [0.15, 0.2) is 47.6 Å². The number of anilines is 1. The Morgan fingerprint density at radius 2 is 2.07 bits per heavy atom. The quantitative estimate of drug-likeness (QED) is 0.451. The van der Waals surface area contributed by atoms with Gasteiger partial charge in [-0.25, -0.2) is 0 Å². The van der Waals surface area contributed by atoms with Crippen molar-refractivity contribution < 1.29 is 0 Å². The molecule has 1 aromatic rings. The van der Waals surface area contributed by atoms with E-state index in [2.05, 4.69) is 22.7 Å². The SMILES string of the molecule is C1=CC[C@@H](/C=N\Nc2ccccc2)CC1. The van der Waals surface area contributed by atoms with Crippen LogP contribution in [0.2, 0.25) is 0 Å². The lowest BCUT2D eigenvalue weighted by atomic mass is 9.96. The van der Waals surface area contributed by atoms with Crippen LogP contribution in [0.25, 0.3) is 0 Å². The second kappa shape index (κ2) is 5.35. The lowest BCUT2D eigenvalue weighted by molar-refractivity contribution is 0.627. The molecule has 0 spiro atoms. The minimum absolute atomic E-state index is 0.603. The molecule has 0 heterocycles. The van der Waals surface area contributed by atoms with Crippen molar-refractivity contribution in [2.45, 2.75) is 19.3 Å². The van der Waals surface area contributed by atoms with E-state index in [1.165, 1.54) is 12.8 Å². The van der Waals surface area contributed by atoms with Gasteiger partial charge in [0.2, 0.25) is 0 Å². The highest BCUT2D eigenvalue weighted by atomic mass is 15.3. The molecule has 0 fully saturated rings. The molecule has 2 heteroatoms. The molecule has 2 rings (SSSR count). The number of allylic oxidation sites excluding steroid dienone is 2. The Morgan fingerprint density at radius 1 is 1.20 bits per heavy atom. The van der Waals surface area contributed by atoms with Crippen LogP contribution in [-0.4, -0.2) is 6.21 Å². The average Bonchev–Trinajstić information content (AvgIpc) is 2.32.